The van der Waals surface area contributed by atoms with Crippen molar-refractivity contribution in [3.63, 3.8) is 0 Å². The Morgan fingerprint density at radius 3 is 1.37 bits per heavy atom. The van der Waals surface area contributed by atoms with E-state index in [4.69, 9.17) is 9.47 Å². The zero-order valence-electron chi connectivity index (χ0n) is 16.4. The number of nitrogens with zero attached hydrogens (tertiary/aromatic N) is 2. The van der Waals surface area contributed by atoms with Gasteiger partial charge in [-0.3, -0.25) is 9.59 Å². The van der Waals surface area contributed by atoms with Crippen LogP contribution in [0.25, 0.3) is 0 Å². The monoisotopic (exact) mass is 410 g/mol. The average Bonchev–Trinajstić information content (AvgIpc) is 2.78. The van der Waals surface area contributed by atoms with Gasteiger partial charge in [-0.2, -0.15) is 0 Å². The molecular formula is C22H22N2O6. The number of phenols is 2. The summed E-state index contributed by atoms with van der Waals surface area (Å²) in [7, 11) is 0. The van der Waals surface area contributed by atoms with Crippen molar-refractivity contribution in [2.75, 3.05) is 62.4 Å². The second kappa shape index (κ2) is 7.30. The van der Waals surface area contributed by atoms with E-state index in [1.54, 1.807) is 12.1 Å². The minimum atomic E-state index is -0.542. The quantitative estimate of drug-likeness (QED) is 0.657. The van der Waals surface area contributed by atoms with Gasteiger partial charge in [-0.1, -0.05) is 0 Å². The van der Waals surface area contributed by atoms with Crippen molar-refractivity contribution in [1.82, 2.24) is 0 Å². The van der Waals surface area contributed by atoms with Crippen LogP contribution in [0.5, 0.6) is 11.5 Å². The molecular weight excluding hydrogens is 388 g/mol. The second-order valence-corrected chi connectivity index (χ2v) is 7.56. The minimum Gasteiger partial charge on any atom is -0.507 e. The molecule has 0 aromatic heterocycles. The summed E-state index contributed by atoms with van der Waals surface area (Å²) >= 11 is 0. The number of phenolic OH excluding ortho intramolecular Hbond substituents is 2. The first-order valence-electron chi connectivity index (χ1n) is 10.0. The zero-order chi connectivity index (χ0) is 20.8. The number of anilines is 2. The molecule has 5 rings (SSSR count). The van der Waals surface area contributed by atoms with Crippen molar-refractivity contribution in [2.45, 2.75) is 0 Å². The molecule has 0 saturated carbocycles. The lowest BCUT2D eigenvalue weighted by Gasteiger charge is -2.34. The normalized spacial score (nSPS) is 18.9. The summed E-state index contributed by atoms with van der Waals surface area (Å²) in [5.74, 6) is -1.43. The highest BCUT2D eigenvalue weighted by atomic mass is 16.5. The van der Waals surface area contributed by atoms with E-state index in [2.05, 4.69) is 0 Å². The smallest absolute Gasteiger partial charge is 0.202 e. The molecule has 2 aromatic carbocycles. The van der Waals surface area contributed by atoms with Gasteiger partial charge in [0.05, 0.1) is 48.7 Å². The molecule has 2 heterocycles. The van der Waals surface area contributed by atoms with Crippen LogP contribution in [0.4, 0.5) is 11.4 Å². The van der Waals surface area contributed by atoms with Gasteiger partial charge in [0, 0.05) is 37.6 Å². The number of benzene rings is 2. The summed E-state index contributed by atoms with van der Waals surface area (Å²) in [6, 6.07) is 6.21. The van der Waals surface area contributed by atoms with Gasteiger partial charge in [0.15, 0.2) is 5.78 Å². The molecule has 0 atom stereocenters. The first kappa shape index (κ1) is 18.9. The summed E-state index contributed by atoms with van der Waals surface area (Å²) < 4.78 is 10.8. The van der Waals surface area contributed by atoms with Crippen LogP contribution < -0.4 is 9.80 Å². The summed E-state index contributed by atoms with van der Waals surface area (Å²) in [5, 5.41) is 21.0. The number of aromatic hydroxyl groups is 2. The summed E-state index contributed by atoms with van der Waals surface area (Å²) in [6.07, 6.45) is 0. The topological polar surface area (TPSA) is 99.5 Å². The molecule has 2 aromatic rings. The predicted molar refractivity (Wildman–Crippen MR) is 109 cm³/mol. The predicted octanol–water partition coefficient (Wildman–Crippen LogP) is 1.55. The fourth-order valence-electron chi connectivity index (χ4n) is 4.47. The van der Waals surface area contributed by atoms with Crippen LogP contribution in [0, 0.1) is 0 Å². The maximum Gasteiger partial charge on any atom is 0.202 e. The SMILES string of the molecule is O=C1c2c(O)ccc(N3CCOCC3)c2C(=O)c2c(N3CCOCC3)ccc(O)c21. The van der Waals surface area contributed by atoms with E-state index in [1.807, 2.05) is 9.80 Å². The van der Waals surface area contributed by atoms with Crippen LogP contribution >= 0.6 is 0 Å². The lowest BCUT2D eigenvalue weighted by Crippen LogP contribution is -2.39. The van der Waals surface area contributed by atoms with E-state index >= 15 is 0 Å². The van der Waals surface area contributed by atoms with Crippen molar-refractivity contribution in [2.24, 2.45) is 0 Å². The Labute approximate surface area is 173 Å². The molecule has 2 aliphatic heterocycles. The minimum absolute atomic E-state index is 0.0501. The fraction of sp³-hybridized carbons (Fsp3) is 0.364. The number of ketones is 2. The third kappa shape index (κ3) is 2.83. The van der Waals surface area contributed by atoms with Gasteiger partial charge in [0.1, 0.15) is 11.5 Å². The Kier molecular flexibility index (Phi) is 4.60. The first-order chi connectivity index (χ1) is 14.6. The van der Waals surface area contributed by atoms with Crippen LogP contribution in [0.2, 0.25) is 0 Å². The van der Waals surface area contributed by atoms with E-state index < -0.39 is 5.78 Å². The fourth-order valence-corrected chi connectivity index (χ4v) is 4.47. The van der Waals surface area contributed by atoms with Crippen LogP contribution in [0.15, 0.2) is 24.3 Å². The maximum absolute atomic E-state index is 13.8. The van der Waals surface area contributed by atoms with E-state index in [-0.39, 0.29) is 39.5 Å². The number of ether oxygens (including phenoxy) is 2. The Morgan fingerprint density at radius 2 is 0.967 bits per heavy atom. The summed E-state index contributed by atoms with van der Waals surface area (Å²) in [6.45, 7) is 4.43. The first-order valence-corrected chi connectivity index (χ1v) is 10.0. The van der Waals surface area contributed by atoms with Gasteiger partial charge in [-0.05, 0) is 24.3 Å². The highest BCUT2D eigenvalue weighted by molar-refractivity contribution is 6.33. The number of fused-ring (bicyclic) bond motifs is 2. The Hall–Kier alpha value is -3.10. The van der Waals surface area contributed by atoms with E-state index in [0.717, 1.165) is 0 Å². The summed E-state index contributed by atoms with van der Waals surface area (Å²) in [5.41, 5.74) is 1.48. The standard InChI is InChI=1S/C22H22N2O6/c25-15-3-1-13(23-5-9-29-10-6-23)17-19(15)22(28)20-16(26)4-2-14(18(20)21(17)27)24-7-11-30-12-8-24/h1-4,25-26H,5-12H2. The van der Waals surface area contributed by atoms with Gasteiger partial charge < -0.3 is 29.5 Å². The van der Waals surface area contributed by atoms with Gasteiger partial charge in [0.25, 0.3) is 0 Å². The maximum atomic E-state index is 13.8. The molecule has 2 fully saturated rings. The molecule has 8 heteroatoms. The van der Waals surface area contributed by atoms with Crippen molar-refractivity contribution >= 4 is 22.9 Å². The molecule has 8 nitrogen and oxygen atoms in total. The molecule has 0 spiro atoms. The summed E-state index contributed by atoms with van der Waals surface area (Å²) in [4.78, 5) is 31.2. The van der Waals surface area contributed by atoms with Crippen molar-refractivity contribution < 1.29 is 29.3 Å². The van der Waals surface area contributed by atoms with E-state index in [9.17, 15) is 19.8 Å². The lowest BCUT2D eigenvalue weighted by atomic mass is 9.80. The van der Waals surface area contributed by atoms with E-state index in [0.29, 0.717) is 64.0 Å². The third-order valence-electron chi connectivity index (χ3n) is 5.93. The highest BCUT2D eigenvalue weighted by Gasteiger charge is 2.39. The zero-order valence-corrected chi connectivity index (χ0v) is 16.4. The molecule has 0 unspecified atom stereocenters. The van der Waals surface area contributed by atoms with Crippen LogP contribution in [0.3, 0.4) is 0 Å². The molecule has 0 radical (unpaired) electrons. The van der Waals surface area contributed by atoms with Crippen LogP contribution in [-0.4, -0.2) is 74.4 Å². The van der Waals surface area contributed by atoms with Crippen LogP contribution in [0.1, 0.15) is 31.8 Å². The molecule has 1 aliphatic carbocycles. The van der Waals surface area contributed by atoms with Crippen molar-refractivity contribution in [3.05, 3.63) is 46.5 Å². The molecule has 3 aliphatic rings. The van der Waals surface area contributed by atoms with Gasteiger partial charge in [-0.15, -0.1) is 0 Å². The number of carbonyl (C=O) groups excluding carboxylic acids is 2. The molecule has 0 amide bonds. The largest absolute Gasteiger partial charge is 0.507 e. The molecule has 2 N–H and O–H groups in total. The Balaban J connectivity index is 1.71. The molecule has 30 heavy (non-hydrogen) atoms. The molecule has 2 saturated heterocycles. The molecule has 156 valence electrons. The third-order valence-corrected chi connectivity index (χ3v) is 5.93. The van der Waals surface area contributed by atoms with Gasteiger partial charge in [-0.25, -0.2) is 0 Å². The van der Waals surface area contributed by atoms with Gasteiger partial charge >= 0.3 is 0 Å². The number of carbonyl (C=O) groups is 2. The second-order valence-electron chi connectivity index (χ2n) is 7.56. The molecule has 0 bridgehead atoms. The van der Waals surface area contributed by atoms with Gasteiger partial charge in [0.2, 0.25) is 5.78 Å². The number of hydrogen-bond acceptors (Lipinski definition) is 8. The number of morpholine rings is 2. The number of hydrogen-bond donors (Lipinski definition) is 2. The average molecular weight is 410 g/mol. The number of rotatable bonds is 2. The highest BCUT2D eigenvalue weighted by Crippen LogP contribution is 2.44. The van der Waals surface area contributed by atoms with Crippen molar-refractivity contribution in [1.29, 1.82) is 0 Å². The Morgan fingerprint density at radius 1 is 0.600 bits per heavy atom. The van der Waals surface area contributed by atoms with E-state index in [1.165, 1.54) is 12.1 Å². The van der Waals surface area contributed by atoms with Crippen LogP contribution in [-0.2, 0) is 9.47 Å². The van der Waals surface area contributed by atoms with Crippen molar-refractivity contribution in [3.8, 4) is 11.5 Å². The lowest BCUT2D eigenvalue weighted by molar-refractivity contribution is 0.0972. The Bertz CT molecular complexity index is 959.